The molecule has 2 aromatic rings. The first-order valence-electron chi connectivity index (χ1n) is 9.55. The number of nitrogens with one attached hydrogen (secondary N) is 1. The average molecular weight is 366 g/mol. The third-order valence-corrected chi connectivity index (χ3v) is 5.14. The van der Waals surface area contributed by atoms with Crippen LogP contribution < -0.4 is 20.0 Å². The standard InChI is InChI=1S/C20H26N6O/c1-14(2)26-18(27)13-24(3)17-12-21-20(23-19(17)26)22-15-6-8-16(9-7-15)25-10-4-5-11-25/h6-9,12,14H,4-5,10-11,13H2,1-3H3,(H,21,22,23). The Balaban J connectivity index is 1.57. The largest absolute Gasteiger partial charge is 0.372 e. The molecule has 1 amide bonds. The van der Waals surface area contributed by atoms with E-state index in [1.807, 2.05) is 37.9 Å². The number of carbonyl (C=O) groups is 1. The van der Waals surface area contributed by atoms with E-state index in [1.165, 1.54) is 18.5 Å². The first kappa shape index (κ1) is 17.6. The van der Waals surface area contributed by atoms with Gasteiger partial charge < -0.3 is 15.1 Å². The Bertz CT molecular complexity index is 829. The second-order valence-corrected chi connectivity index (χ2v) is 7.48. The topological polar surface area (TPSA) is 64.6 Å². The van der Waals surface area contributed by atoms with Gasteiger partial charge in [0.15, 0.2) is 5.82 Å². The molecular formula is C20H26N6O. The summed E-state index contributed by atoms with van der Waals surface area (Å²) in [6, 6.07) is 8.41. The number of hydrogen-bond donors (Lipinski definition) is 1. The van der Waals surface area contributed by atoms with Crippen molar-refractivity contribution in [3.05, 3.63) is 30.5 Å². The Hall–Kier alpha value is -2.83. The van der Waals surface area contributed by atoms with E-state index in [1.54, 1.807) is 11.1 Å². The number of carbonyl (C=O) groups excluding carboxylic acids is 1. The molecule has 0 spiro atoms. The van der Waals surface area contributed by atoms with Gasteiger partial charge in [-0.3, -0.25) is 9.69 Å². The van der Waals surface area contributed by atoms with E-state index in [0.717, 1.165) is 24.5 Å². The normalized spacial score (nSPS) is 16.9. The van der Waals surface area contributed by atoms with Crippen molar-refractivity contribution in [3.63, 3.8) is 0 Å². The van der Waals surface area contributed by atoms with Crippen molar-refractivity contribution in [2.24, 2.45) is 0 Å². The van der Waals surface area contributed by atoms with Gasteiger partial charge in [0.2, 0.25) is 11.9 Å². The number of fused-ring (bicyclic) bond motifs is 1. The lowest BCUT2D eigenvalue weighted by Crippen LogP contribution is -2.48. The molecule has 27 heavy (non-hydrogen) atoms. The molecule has 1 fully saturated rings. The first-order valence-corrected chi connectivity index (χ1v) is 9.55. The number of nitrogens with zero attached hydrogens (tertiary/aromatic N) is 5. The van der Waals surface area contributed by atoms with Crippen molar-refractivity contribution < 1.29 is 4.79 Å². The summed E-state index contributed by atoms with van der Waals surface area (Å²) in [5.74, 6) is 1.21. The van der Waals surface area contributed by atoms with E-state index in [9.17, 15) is 4.79 Å². The number of benzene rings is 1. The summed E-state index contributed by atoms with van der Waals surface area (Å²) in [6.07, 6.45) is 4.32. The van der Waals surface area contributed by atoms with E-state index >= 15 is 0 Å². The molecule has 0 radical (unpaired) electrons. The van der Waals surface area contributed by atoms with Gasteiger partial charge in [0, 0.05) is 37.6 Å². The maximum Gasteiger partial charge on any atom is 0.247 e. The van der Waals surface area contributed by atoms with Gasteiger partial charge in [0.05, 0.1) is 18.4 Å². The van der Waals surface area contributed by atoms with Crippen LogP contribution in [-0.4, -0.2) is 48.6 Å². The predicted octanol–water partition coefficient (Wildman–Crippen LogP) is 3.01. The Kier molecular flexibility index (Phi) is 4.59. The average Bonchev–Trinajstić information content (AvgIpc) is 3.16. The molecule has 0 bridgehead atoms. The highest BCUT2D eigenvalue weighted by molar-refractivity contribution is 6.02. The molecule has 0 saturated carbocycles. The summed E-state index contributed by atoms with van der Waals surface area (Å²) >= 11 is 0. The van der Waals surface area contributed by atoms with Crippen LogP contribution >= 0.6 is 0 Å². The molecule has 0 unspecified atom stereocenters. The lowest BCUT2D eigenvalue weighted by molar-refractivity contribution is -0.117. The number of aromatic nitrogens is 2. The molecule has 0 atom stereocenters. The van der Waals surface area contributed by atoms with Crippen molar-refractivity contribution in [1.82, 2.24) is 9.97 Å². The molecule has 1 aromatic carbocycles. The van der Waals surface area contributed by atoms with Crippen LogP contribution in [0.5, 0.6) is 0 Å². The van der Waals surface area contributed by atoms with Crippen LogP contribution in [-0.2, 0) is 4.79 Å². The van der Waals surface area contributed by atoms with Gasteiger partial charge in [-0.15, -0.1) is 0 Å². The summed E-state index contributed by atoms with van der Waals surface area (Å²) in [7, 11) is 1.89. The number of rotatable bonds is 4. The van der Waals surface area contributed by atoms with Crippen molar-refractivity contribution in [1.29, 1.82) is 0 Å². The number of likely N-dealkylation sites (N-methyl/N-ethyl adjacent to an activating group) is 1. The molecule has 0 aliphatic carbocycles. The van der Waals surface area contributed by atoms with Crippen molar-refractivity contribution in [2.45, 2.75) is 32.7 Å². The summed E-state index contributed by atoms with van der Waals surface area (Å²) in [5, 5.41) is 3.26. The SMILES string of the molecule is CC(C)N1C(=O)CN(C)c2cnc(Nc3ccc(N4CCCC4)cc3)nc21. The van der Waals surface area contributed by atoms with Crippen LogP contribution in [0.25, 0.3) is 0 Å². The van der Waals surface area contributed by atoms with Crippen LogP contribution in [0.3, 0.4) is 0 Å². The van der Waals surface area contributed by atoms with E-state index in [2.05, 4.69) is 32.3 Å². The van der Waals surface area contributed by atoms with Crippen molar-refractivity contribution in [3.8, 4) is 0 Å². The molecule has 142 valence electrons. The van der Waals surface area contributed by atoms with Crippen molar-refractivity contribution >= 4 is 34.7 Å². The Labute approximate surface area is 160 Å². The van der Waals surface area contributed by atoms with Crippen LogP contribution in [0.2, 0.25) is 0 Å². The second kappa shape index (κ2) is 7.06. The zero-order valence-electron chi connectivity index (χ0n) is 16.1. The third-order valence-electron chi connectivity index (χ3n) is 5.14. The summed E-state index contributed by atoms with van der Waals surface area (Å²) in [4.78, 5) is 27.6. The zero-order chi connectivity index (χ0) is 19.0. The van der Waals surface area contributed by atoms with Gasteiger partial charge in [-0.2, -0.15) is 4.98 Å². The highest BCUT2D eigenvalue weighted by atomic mass is 16.2. The minimum atomic E-state index is 0.0486. The molecule has 4 rings (SSSR count). The van der Waals surface area contributed by atoms with Gasteiger partial charge in [-0.05, 0) is 51.0 Å². The molecule has 2 aliphatic rings. The lowest BCUT2D eigenvalue weighted by Gasteiger charge is -2.36. The minimum Gasteiger partial charge on any atom is -0.372 e. The fourth-order valence-electron chi connectivity index (χ4n) is 3.75. The fourth-order valence-corrected chi connectivity index (χ4v) is 3.75. The minimum absolute atomic E-state index is 0.0486. The highest BCUT2D eigenvalue weighted by Gasteiger charge is 2.31. The number of anilines is 5. The van der Waals surface area contributed by atoms with Gasteiger partial charge in [-0.25, -0.2) is 4.98 Å². The van der Waals surface area contributed by atoms with E-state index in [-0.39, 0.29) is 11.9 Å². The number of amides is 1. The Morgan fingerprint density at radius 2 is 1.81 bits per heavy atom. The summed E-state index contributed by atoms with van der Waals surface area (Å²) in [5.41, 5.74) is 3.06. The van der Waals surface area contributed by atoms with E-state index in [4.69, 9.17) is 0 Å². The maximum absolute atomic E-state index is 12.4. The highest BCUT2D eigenvalue weighted by Crippen LogP contribution is 2.33. The Morgan fingerprint density at radius 1 is 1.11 bits per heavy atom. The molecule has 3 heterocycles. The number of hydrogen-bond acceptors (Lipinski definition) is 6. The molecule has 1 aromatic heterocycles. The smallest absolute Gasteiger partial charge is 0.247 e. The maximum atomic E-state index is 12.4. The third kappa shape index (κ3) is 3.41. The molecule has 7 heteroatoms. The van der Waals surface area contributed by atoms with Crippen LogP contribution in [0.1, 0.15) is 26.7 Å². The van der Waals surface area contributed by atoms with Gasteiger partial charge in [0.1, 0.15) is 0 Å². The van der Waals surface area contributed by atoms with Crippen LogP contribution in [0.15, 0.2) is 30.5 Å². The second-order valence-electron chi connectivity index (χ2n) is 7.48. The van der Waals surface area contributed by atoms with E-state index in [0.29, 0.717) is 18.3 Å². The molecule has 2 aliphatic heterocycles. The van der Waals surface area contributed by atoms with Gasteiger partial charge >= 0.3 is 0 Å². The summed E-state index contributed by atoms with van der Waals surface area (Å²) < 4.78 is 0. The molecule has 7 nitrogen and oxygen atoms in total. The zero-order valence-corrected chi connectivity index (χ0v) is 16.1. The van der Waals surface area contributed by atoms with E-state index < -0.39 is 0 Å². The monoisotopic (exact) mass is 366 g/mol. The van der Waals surface area contributed by atoms with Crippen LogP contribution in [0.4, 0.5) is 28.8 Å². The molecule has 1 saturated heterocycles. The molecular weight excluding hydrogens is 340 g/mol. The lowest BCUT2D eigenvalue weighted by atomic mass is 10.2. The first-order chi connectivity index (χ1) is 13.0. The molecule has 1 N–H and O–H groups in total. The summed E-state index contributed by atoms with van der Waals surface area (Å²) in [6.45, 7) is 6.61. The van der Waals surface area contributed by atoms with Gasteiger partial charge in [-0.1, -0.05) is 0 Å². The van der Waals surface area contributed by atoms with Gasteiger partial charge in [0.25, 0.3) is 0 Å². The quantitative estimate of drug-likeness (QED) is 0.897. The predicted molar refractivity (Wildman–Crippen MR) is 109 cm³/mol. The Morgan fingerprint density at radius 3 is 2.48 bits per heavy atom. The fraction of sp³-hybridized carbons (Fsp3) is 0.450. The van der Waals surface area contributed by atoms with Crippen LogP contribution in [0, 0.1) is 0 Å². The van der Waals surface area contributed by atoms with Crippen molar-refractivity contribution in [2.75, 3.05) is 46.7 Å².